The lowest BCUT2D eigenvalue weighted by Crippen LogP contribution is -2.58. The van der Waals surface area contributed by atoms with E-state index in [9.17, 15) is 4.79 Å². The van der Waals surface area contributed by atoms with Crippen LogP contribution in [0.5, 0.6) is 0 Å². The summed E-state index contributed by atoms with van der Waals surface area (Å²) >= 11 is 0. The van der Waals surface area contributed by atoms with Gasteiger partial charge in [-0.05, 0) is 31.5 Å². The average Bonchev–Trinajstić information content (AvgIpc) is 2.45. The molecule has 0 unspecified atom stereocenters. The van der Waals surface area contributed by atoms with E-state index in [0.717, 1.165) is 6.42 Å². The number of hydrogen-bond acceptors (Lipinski definition) is 3. The molecule has 3 nitrogen and oxygen atoms in total. The molecule has 0 spiro atoms. The average molecular weight is 288 g/mol. The number of rotatable bonds is 5. The number of ether oxygens (including phenoxy) is 1. The van der Waals surface area contributed by atoms with Crippen LogP contribution >= 0.6 is 0 Å². The van der Waals surface area contributed by atoms with E-state index in [1.54, 1.807) is 0 Å². The molecule has 1 aliphatic rings. The number of carbonyl (C=O) groups excluding carboxylic acids is 1. The number of carbonyl (C=O) groups is 1. The van der Waals surface area contributed by atoms with E-state index in [1.807, 2.05) is 6.92 Å². The Morgan fingerprint density at radius 3 is 2.17 bits per heavy atom. The largest absolute Gasteiger partial charge is 0.466 e. The number of hydrogen-bond donors (Lipinski definition) is 0. The SMILES string of the molecule is CCOC(=O)CC[C@H](C)N1[Si](C)(C)CC[Si]1(C)C. The minimum absolute atomic E-state index is 0.0394. The molecule has 1 saturated heterocycles. The van der Waals surface area contributed by atoms with Gasteiger partial charge in [-0.3, -0.25) is 4.79 Å². The van der Waals surface area contributed by atoms with Gasteiger partial charge in [-0.1, -0.05) is 33.1 Å². The molecule has 0 saturated carbocycles. The van der Waals surface area contributed by atoms with Gasteiger partial charge in [-0.15, -0.1) is 0 Å². The molecule has 0 amide bonds. The summed E-state index contributed by atoms with van der Waals surface area (Å²) < 4.78 is 7.88. The van der Waals surface area contributed by atoms with Crippen molar-refractivity contribution in [3.05, 3.63) is 0 Å². The van der Waals surface area contributed by atoms with E-state index in [-0.39, 0.29) is 5.97 Å². The quantitative estimate of drug-likeness (QED) is 0.573. The Morgan fingerprint density at radius 2 is 1.72 bits per heavy atom. The molecular formula is C13H29NO2Si2. The molecule has 0 aliphatic carbocycles. The second-order valence-corrected chi connectivity index (χ2v) is 16.3. The van der Waals surface area contributed by atoms with Crippen molar-refractivity contribution >= 4 is 22.4 Å². The molecule has 0 bridgehead atoms. The summed E-state index contributed by atoms with van der Waals surface area (Å²) in [6.07, 6.45) is 1.52. The smallest absolute Gasteiger partial charge is 0.305 e. The molecule has 1 aliphatic heterocycles. The fourth-order valence-corrected chi connectivity index (χ4v) is 18.8. The predicted octanol–water partition coefficient (Wildman–Crippen LogP) is 3.44. The highest BCUT2D eigenvalue weighted by Crippen LogP contribution is 2.39. The summed E-state index contributed by atoms with van der Waals surface area (Å²) in [5.74, 6) is -0.0394. The van der Waals surface area contributed by atoms with Gasteiger partial charge in [-0.25, -0.2) is 0 Å². The molecular weight excluding hydrogens is 258 g/mol. The van der Waals surface area contributed by atoms with Gasteiger partial charge in [0.25, 0.3) is 0 Å². The summed E-state index contributed by atoms with van der Waals surface area (Å²) in [5, 5.41) is 0. The van der Waals surface area contributed by atoms with Crippen molar-refractivity contribution in [2.45, 2.75) is 71.0 Å². The van der Waals surface area contributed by atoms with Gasteiger partial charge in [0.15, 0.2) is 0 Å². The third-order valence-electron chi connectivity index (χ3n) is 4.17. The van der Waals surface area contributed by atoms with Crippen LogP contribution in [0.4, 0.5) is 0 Å². The van der Waals surface area contributed by atoms with Gasteiger partial charge in [-0.2, -0.15) is 0 Å². The first-order valence-corrected chi connectivity index (χ1v) is 13.5. The molecule has 0 N–H and O–H groups in total. The van der Waals surface area contributed by atoms with E-state index in [1.165, 1.54) is 12.1 Å². The van der Waals surface area contributed by atoms with Crippen molar-refractivity contribution in [1.29, 1.82) is 0 Å². The molecule has 106 valence electrons. The van der Waals surface area contributed by atoms with Gasteiger partial charge < -0.3 is 8.97 Å². The highest BCUT2D eigenvalue weighted by atomic mass is 28.4. The third-order valence-corrected chi connectivity index (χ3v) is 14.7. The Balaban J connectivity index is 2.59. The summed E-state index contributed by atoms with van der Waals surface area (Å²) in [7, 11) is -2.43. The van der Waals surface area contributed by atoms with Crippen molar-refractivity contribution in [2.75, 3.05) is 6.61 Å². The highest BCUT2D eigenvalue weighted by Gasteiger charge is 2.48. The first-order valence-electron chi connectivity index (χ1n) is 7.16. The Labute approximate surface area is 114 Å². The van der Waals surface area contributed by atoms with Crippen LogP contribution in [0.1, 0.15) is 26.7 Å². The lowest BCUT2D eigenvalue weighted by molar-refractivity contribution is -0.143. The van der Waals surface area contributed by atoms with E-state index in [0.29, 0.717) is 19.1 Å². The maximum Gasteiger partial charge on any atom is 0.305 e. The zero-order valence-electron chi connectivity index (χ0n) is 12.9. The molecule has 0 aromatic carbocycles. The van der Waals surface area contributed by atoms with Crippen molar-refractivity contribution in [3.63, 3.8) is 0 Å². The lowest BCUT2D eigenvalue weighted by atomic mass is 10.2. The Bertz CT molecular complexity index is 289. The number of nitrogens with zero attached hydrogens (tertiary/aromatic N) is 1. The van der Waals surface area contributed by atoms with Crippen LogP contribution < -0.4 is 0 Å². The first kappa shape index (κ1) is 15.9. The highest BCUT2D eigenvalue weighted by molar-refractivity contribution is 6.95. The number of esters is 1. The summed E-state index contributed by atoms with van der Waals surface area (Å²) in [4.78, 5) is 11.5. The summed E-state index contributed by atoms with van der Waals surface area (Å²) in [6, 6.07) is 3.40. The molecule has 1 fully saturated rings. The molecule has 0 aromatic heterocycles. The van der Waals surface area contributed by atoms with Crippen molar-refractivity contribution in [2.24, 2.45) is 0 Å². The monoisotopic (exact) mass is 287 g/mol. The summed E-state index contributed by atoms with van der Waals surface area (Å²) in [5.41, 5.74) is 0. The predicted molar refractivity (Wildman–Crippen MR) is 81.7 cm³/mol. The standard InChI is InChI=1S/C13H29NO2Si2/c1-7-16-13(15)9-8-12(2)14-17(3,4)10-11-18(14,5)6/h12H,7-11H2,1-6H3/t12-/m0/s1. The van der Waals surface area contributed by atoms with Crippen LogP contribution in [-0.2, 0) is 9.53 Å². The molecule has 5 heteroatoms. The molecule has 0 radical (unpaired) electrons. The van der Waals surface area contributed by atoms with Gasteiger partial charge in [0, 0.05) is 6.42 Å². The van der Waals surface area contributed by atoms with Crippen LogP contribution in [0.2, 0.25) is 38.3 Å². The molecule has 1 rings (SSSR count). The van der Waals surface area contributed by atoms with Gasteiger partial charge in [0.05, 0.1) is 6.61 Å². The van der Waals surface area contributed by atoms with E-state index in [4.69, 9.17) is 4.74 Å². The van der Waals surface area contributed by atoms with Gasteiger partial charge in [0.2, 0.25) is 0 Å². The molecule has 1 atom stereocenters. The minimum atomic E-state index is -1.22. The van der Waals surface area contributed by atoms with Crippen molar-refractivity contribution in [1.82, 2.24) is 4.23 Å². The van der Waals surface area contributed by atoms with Crippen LogP contribution in [0.25, 0.3) is 0 Å². The Kier molecular flexibility index (Phi) is 5.20. The van der Waals surface area contributed by atoms with E-state index in [2.05, 4.69) is 37.3 Å². The van der Waals surface area contributed by atoms with Crippen LogP contribution in [0.3, 0.4) is 0 Å². The normalized spacial score (nSPS) is 23.9. The lowest BCUT2D eigenvalue weighted by Gasteiger charge is -2.43. The Morgan fingerprint density at radius 1 is 1.22 bits per heavy atom. The van der Waals surface area contributed by atoms with E-state index < -0.39 is 16.5 Å². The molecule has 18 heavy (non-hydrogen) atoms. The van der Waals surface area contributed by atoms with E-state index >= 15 is 0 Å². The van der Waals surface area contributed by atoms with Crippen molar-refractivity contribution in [3.8, 4) is 0 Å². The zero-order chi connectivity index (χ0) is 14.0. The maximum atomic E-state index is 11.5. The second kappa shape index (κ2) is 5.88. The van der Waals surface area contributed by atoms with Crippen LogP contribution in [-0.4, -0.2) is 39.3 Å². The summed E-state index contributed by atoms with van der Waals surface area (Å²) in [6.45, 7) is 14.6. The molecule has 0 aromatic rings. The van der Waals surface area contributed by atoms with Crippen LogP contribution in [0, 0.1) is 0 Å². The topological polar surface area (TPSA) is 29.5 Å². The third kappa shape index (κ3) is 3.68. The fraction of sp³-hybridized carbons (Fsp3) is 0.923. The van der Waals surface area contributed by atoms with Crippen LogP contribution in [0.15, 0.2) is 0 Å². The first-order chi connectivity index (χ1) is 8.20. The minimum Gasteiger partial charge on any atom is -0.466 e. The Hall–Kier alpha value is -0.136. The maximum absolute atomic E-state index is 11.5. The molecule has 1 heterocycles. The van der Waals surface area contributed by atoms with Crippen molar-refractivity contribution < 1.29 is 9.53 Å². The fourth-order valence-electron chi connectivity index (χ4n) is 3.55. The van der Waals surface area contributed by atoms with Gasteiger partial charge in [0.1, 0.15) is 16.5 Å². The second-order valence-electron chi connectivity index (χ2n) is 6.69. The zero-order valence-corrected chi connectivity index (χ0v) is 14.9. The van der Waals surface area contributed by atoms with Gasteiger partial charge >= 0.3 is 5.97 Å².